The van der Waals surface area contributed by atoms with Gasteiger partial charge in [-0.25, -0.2) is 8.42 Å². The molecule has 1 atom stereocenters. The number of hydrogen-bond acceptors (Lipinski definition) is 4. The molecule has 1 unspecified atom stereocenters. The first-order valence-corrected chi connectivity index (χ1v) is 9.35. The zero-order valence-corrected chi connectivity index (χ0v) is 14.4. The van der Waals surface area contributed by atoms with E-state index in [0.717, 1.165) is 12.8 Å². The van der Waals surface area contributed by atoms with Gasteiger partial charge in [0.15, 0.2) is 0 Å². The third-order valence-corrected chi connectivity index (χ3v) is 5.88. The van der Waals surface area contributed by atoms with E-state index in [-0.39, 0.29) is 23.3 Å². The highest BCUT2D eigenvalue weighted by Gasteiger charge is 2.33. The number of benzene rings is 1. The van der Waals surface area contributed by atoms with Gasteiger partial charge in [0.25, 0.3) is 0 Å². The summed E-state index contributed by atoms with van der Waals surface area (Å²) in [6.45, 7) is 3.30. The summed E-state index contributed by atoms with van der Waals surface area (Å²) in [5.74, 6) is 0.282. The molecular formula is C16H24N2O4S. The topological polar surface area (TPSA) is 75.7 Å². The smallest absolute Gasteiger partial charge is 0.243 e. The number of nitrogens with one attached hydrogen (secondary N) is 1. The maximum atomic E-state index is 12.7. The second kappa shape index (κ2) is 7.79. The van der Waals surface area contributed by atoms with Gasteiger partial charge >= 0.3 is 0 Å². The minimum absolute atomic E-state index is 0.0542. The van der Waals surface area contributed by atoms with Crippen molar-refractivity contribution in [2.24, 2.45) is 5.92 Å². The number of hydrogen-bond donors (Lipinski definition) is 1. The lowest BCUT2D eigenvalue weighted by atomic mass is 9.99. The number of ether oxygens (including phenoxy) is 1. The quantitative estimate of drug-likeness (QED) is 0.854. The zero-order chi connectivity index (χ0) is 16.9. The number of nitrogens with zero attached hydrogens (tertiary/aromatic N) is 1. The average Bonchev–Trinajstić information content (AvgIpc) is 2.59. The van der Waals surface area contributed by atoms with Crippen LogP contribution < -0.4 is 10.1 Å². The Kier molecular flexibility index (Phi) is 6.01. The molecule has 1 aromatic carbocycles. The van der Waals surface area contributed by atoms with Crippen LogP contribution in [0.15, 0.2) is 29.2 Å². The molecule has 0 spiro atoms. The highest BCUT2D eigenvalue weighted by atomic mass is 32.2. The first kappa shape index (κ1) is 17.7. The standard InChI is InChI=1S/C16H24N2O4S/c1-3-10-17-16(19)13-5-4-11-18(12-13)23(20,21)15-8-6-14(22-2)7-9-15/h6-9,13H,3-5,10-12H2,1-2H3,(H,17,19). The molecule has 0 bridgehead atoms. The molecule has 1 N–H and O–H groups in total. The van der Waals surface area contributed by atoms with Gasteiger partial charge in [-0.1, -0.05) is 6.92 Å². The summed E-state index contributed by atoms with van der Waals surface area (Å²) in [6.07, 6.45) is 2.29. The van der Waals surface area contributed by atoms with Crippen molar-refractivity contribution in [1.82, 2.24) is 9.62 Å². The molecule has 23 heavy (non-hydrogen) atoms. The van der Waals surface area contributed by atoms with Crippen LogP contribution in [0.4, 0.5) is 0 Å². The van der Waals surface area contributed by atoms with Gasteiger partial charge in [0, 0.05) is 19.6 Å². The highest BCUT2D eigenvalue weighted by molar-refractivity contribution is 7.89. The number of rotatable bonds is 6. The van der Waals surface area contributed by atoms with Gasteiger partial charge in [-0.2, -0.15) is 4.31 Å². The van der Waals surface area contributed by atoms with Crippen LogP contribution in [0, 0.1) is 5.92 Å². The fourth-order valence-electron chi connectivity index (χ4n) is 2.66. The van der Waals surface area contributed by atoms with Crippen molar-refractivity contribution < 1.29 is 17.9 Å². The number of carbonyl (C=O) groups excluding carboxylic acids is 1. The van der Waals surface area contributed by atoms with Crippen molar-refractivity contribution in [3.63, 3.8) is 0 Å². The van der Waals surface area contributed by atoms with Crippen LogP contribution in [0.1, 0.15) is 26.2 Å². The van der Waals surface area contributed by atoms with Gasteiger partial charge in [-0.05, 0) is 43.5 Å². The van der Waals surface area contributed by atoms with Crippen LogP contribution >= 0.6 is 0 Å². The van der Waals surface area contributed by atoms with E-state index in [1.165, 1.54) is 23.5 Å². The third-order valence-electron chi connectivity index (χ3n) is 4.00. The predicted octanol–water partition coefficient (Wildman–Crippen LogP) is 1.62. The normalized spacial score (nSPS) is 19.3. The maximum Gasteiger partial charge on any atom is 0.243 e. The molecule has 1 aliphatic rings. The number of methoxy groups -OCH3 is 1. The van der Waals surface area contributed by atoms with Crippen molar-refractivity contribution in [3.8, 4) is 5.75 Å². The summed E-state index contributed by atoms with van der Waals surface area (Å²) in [5.41, 5.74) is 0. The Morgan fingerprint density at radius 3 is 2.65 bits per heavy atom. The van der Waals surface area contributed by atoms with E-state index >= 15 is 0 Å². The van der Waals surface area contributed by atoms with Crippen molar-refractivity contribution in [3.05, 3.63) is 24.3 Å². The molecule has 1 saturated heterocycles. The molecule has 2 rings (SSSR count). The van der Waals surface area contributed by atoms with E-state index in [9.17, 15) is 13.2 Å². The van der Waals surface area contributed by atoms with Crippen LogP contribution in [0.5, 0.6) is 5.75 Å². The van der Waals surface area contributed by atoms with Crippen LogP contribution in [0.2, 0.25) is 0 Å². The lowest BCUT2D eigenvalue weighted by molar-refractivity contribution is -0.126. The van der Waals surface area contributed by atoms with Gasteiger partial charge in [-0.3, -0.25) is 4.79 Å². The molecule has 128 valence electrons. The molecular weight excluding hydrogens is 316 g/mol. The fourth-order valence-corrected chi connectivity index (χ4v) is 4.19. The lowest BCUT2D eigenvalue weighted by Gasteiger charge is -2.31. The van der Waals surface area contributed by atoms with E-state index < -0.39 is 10.0 Å². The van der Waals surface area contributed by atoms with E-state index in [0.29, 0.717) is 25.3 Å². The molecule has 7 heteroatoms. The minimum atomic E-state index is -3.58. The first-order valence-electron chi connectivity index (χ1n) is 7.91. The molecule has 1 heterocycles. The molecule has 1 aromatic rings. The summed E-state index contributed by atoms with van der Waals surface area (Å²) in [5, 5.41) is 2.85. The van der Waals surface area contributed by atoms with E-state index in [4.69, 9.17) is 4.74 Å². The molecule has 0 aromatic heterocycles. The monoisotopic (exact) mass is 340 g/mol. The SMILES string of the molecule is CCCNC(=O)C1CCCN(S(=O)(=O)c2ccc(OC)cc2)C1. The van der Waals surface area contributed by atoms with E-state index in [1.54, 1.807) is 12.1 Å². The number of sulfonamides is 1. The summed E-state index contributed by atoms with van der Waals surface area (Å²) >= 11 is 0. The van der Waals surface area contributed by atoms with Crippen LogP contribution in [0.3, 0.4) is 0 Å². The maximum absolute atomic E-state index is 12.7. The minimum Gasteiger partial charge on any atom is -0.497 e. The van der Waals surface area contributed by atoms with Gasteiger partial charge in [0.1, 0.15) is 5.75 Å². The fraction of sp³-hybridized carbons (Fsp3) is 0.562. The Balaban J connectivity index is 2.10. The van der Waals surface area contributed by atoms with E-state index in [2.05, 4.69) is 5.32 Å². The summed E-state index contributed by atoms with van der Waals surface area (Å²) in [7, 11) is -2.04. The Labute approximate surface area is 137 Å². The number of carbonyl (C=O) groups is 1. The summed E-state index contributed by atoms with van der Waals surface area (Å²) in [6, 6.07) is 6.33. The van der Waals surface area contributed by atoms with Gasteiger partial charge < -0.3 is 10.1 Å². The highest BCUT2D eigenvalue weighted by Crippen LogP contribution is 2.25. The second-order valence-electron chi connectivity index (χ2n) is 5.67. The summed E-state index contributed by atoms with van der Waals surface area (Å²) in [4.78, 5) is 12.3. The molecule has 1 fully saturated rings. The molecule has 0 saturated carbocycles. The van der Waals surface area contributed by atoms with E-state index in [1.807, 2.05) is 6.92 Å². The number of amides is 1. The van der Waals surface area contributed by atoms with Crippen LogP contribution in [0.25, 0.3) is 0 Å². The lowest BCUT2D eigenvalue weighted by Crippen LogP contribution is -2.45. The van der Waals surface area contributed by atoms with Gasteiger partial charge in [0.05, 0.1) is 17.9 Å². The van der Waals surface area contributed by atoms with Gasteiger partial charge in [0.2, 0.25) is 15.9 Å². The Bertz CT molecular complexity index is 628. The molecule has 0 aliphatic carbocycles. The Hall–Kier alpha value is -1.60. The van der Waals surface area contributed by atoms with Crippen LogP contribution in [-0.2, 0) is 14.8 Å². The van der Waals surface area contributed by atoms with Crippen molar-refractivity contribution in [1.29, 1.82) is 0 Å². The first-order chi connectivity index (χ1) is 11.0. The average molecular weight is 340 g/mol. The van der Waals surface area contributed by atoms with Crippen LogP contribution in [-0.4, -0.2) is 45.4 Å². The molecule has 0 radical (unpaired) electrons. The third kappa shape index (κ3) is 4.23. The molecule has 1 aliphatic heterocycles. The number of piperidine rings is 1. The Morgan fingerprint density at radius 1 is 1.35 bits per heavy atom. The van der Waals surface area contributed by atoms with Crippen molar-refractivity contribution in [2.45, 2.75) is 31.1 Å². The zero-order valence-electron chi connectivity index (χ0n) is 13.6. The molecule has 1 amide bonds. The van der Waals surface area contributed by atoms with Crippen molar-refractivity contribution >= 4 is 15.9 Å². The Morgan fingerprint density at radius 2 is 2.04 bits per heavy atom. The summed E-state index contributed by atoms with van der Waals surface area (Å²) < 4.78 is 31.9. The predicted molar refractivity (Wildman–Crippen MR) is 87.8 cm³/mol. The molecule has 6 nitrogen and oxygen atoms in total. The second-order valence-corrected chi connectivity index (χ2v) is 7.61. The van der Waals surface area contributed by atoms with Crippen molar-refractivity contribution in [2.75, 3.05) is 26.7 Å². The van der Waals surface area contributed by atoms with Gasteiger partial charge in [-0.15, -0.1) is 0 Å². The largest absolute Gasteiger partial charge is 0.497 e.